The second-order valence-electron chi connectivity index (χ2n) is 6.69. The van der Waals surface area contributed by atoms with Crippen molar-refractivity contribution in [1.82, 2.24) is 10.2 Å². The average molecular weight is 315 g/mol. The first-order chi connectivity index (χ1) is 11.1. The van der Waals surface area contributed by atoms with Gasteiger partial charge in [0.25, 0.3) is 0 Å². The molecular formula is C18H25N3O2. The highest BCUT2D eigenvalue weighted by Gasteiger charge is 2.32. The first kappa shape index (κ1) is 15.8. The first-order valence-electron chi connectivity index (χ1n) is 8.55. The number of para-hydroxylation sites is 1. The van der Waals surface area contributed by atoms with Gasteiger partial charge >= 0.3 is 6.03 Å². The molecule has 2 aliphatic rings. The monoisotopic (exact) mass is 315 g/mol. The number of hydrogen-bond acceptors (Lipinski definition) is 2. The van der Waals surface area contributed by atoms with Gasteiger partial charge in [-0.3, -0.25) is 4.79 Å². The zero-order chi connectivity index (χ0) is 16.2. The molecule has 3 rings (SSSR count). The van der Waals surface area contributed by atoms with E-state index in [0.29, 0.717) is 25.0 Å². The Morgan fingerprint density at radius 1 is 1.09 bits per heavy atom. The van der Waals surface area contributed by atoms with E-state index in [4.69, 9.17) is 0 Å². The number of rotatable bonds is 4. The van der Waals surface area contributed by atoms with E-state index in [1.54, 1.807) is 4.90 Å². The van der Waals surface area contributed by atoms with Crippen LogP contribution in [0.3, 0.4) is 0 Å². The molecule has 5 heteroatoms. The maximum absolute atomic E-state index is 12.3. The highest BCUT2D eigenvalue weighted by molar-refractivity contribution is 5.89. The Balaban J connectivity index is 1.44. The molecule has 0 aromatic heterocycles. The number of nitrogens with zero attached hydrogens (tertiary/aromatic N) is 1. The van der Waals surface area contributed by atoms with Crippen LogP contribution < -0.4 is 10.6 Å². The molecule has 1 saturated carbocycles. The van der Waals surface area contributed by atoms with Crippen LogP contribution in [-0.4, -0.2) is 36.0 Å². The Morgan fingerprint density at radius 2 is 1.74 bits per heavy atom. The maximum atomic E-state index is 12.3. The molecule has 1 atom stereocenters. The fourth-order valence-corrected chi connectivity index (χ4v) is 3.13. The number of hydrogen-bond donors (Lipinski definition) is 2. The van der Waals surface area contributed by atoms with E-state index < -0.39 is 0 Å². The van der Waals surface area contributed by atoms with E-state index in [0.717, 1.165) is 18.5 Å². The lowest BCUT2D eigenvalue weighted by Gasteiger charge is -2.32. The molecule has 1 unspecified atom stereocenters. The summed E-state index contributed by atoms with van der Waals surface area (Å²) in [6.45, 7) is 3.36. The predicted molar refractivity (Wildman–Crippen MR) is 90.1 cm³/mol. The molecule has 1 aliphatic heterocycles. The third kappa shape index (κ3) is 4.24. The van der Waals surface area contributed by atoms with Gasteiger partial charge < -0.3 is 15.5 Å². The van der Waals surface area contributed by atoms with Crippen LogP contribution in [0.15, 0.2) is 30.3 Å². The second-order valence-corrected chi connectivity index (χ2v) is 6.69. The second kappa shape index (κ2) is 7.02. The molecule has 1 aromatic rings. The minimum atomic E-state index is -0.0820. The molecule has 23 heavy (non-hydrogen) atoms. The predicted octanol–water partition coefficient (Wildman–Crippen LogP) is 2.85. The minimum absolute atomic E-state index is 0.0389. The van der Waals surface area contributed by atoms with Crippen LogP contribution in [0.5, 0.6) is 0 Å². The van der Waals surface area contributed by atoms with Gasteiger partial charge in [0.15, 0.2) is 0 Å². The normalized spacial score (nSPS) is 20.0. The molecule has 1 aliphatic carbocycles. The fraction of sp³-hybridized carbons (Fsp3) is 0.556. The molecule has 0 bridgehead atoms. The van der Waals surface area contributed by atoms with Crippen molar-refractivity contribution in [3.63, 3.8) is 0 Å². The van der Waals surface area contributed by atoms with E-state index in [9.17, 15) is 9.59 Å². The standard InChI is InChI=1S/C18H25N3O2/c1-13(14-7-8-14)19-17(22)15-9-11-21(12-10-15)18(23)20-16-5-3-2-4-6-16/h2-6,13-15H,7-12H2,1H3,(H,19,22)(H,20,23). The number of nitrogens with one attached hydrogen (secondary N) is 2. The van der Waals surface area contributed by atoms with Crippen LogP contribution in [-0.2, 0) is 4.79 Å². The SMILES string of the molecule is CC(NC(=O)C1CCN(C(=O)Nc2ccccc2)CC1)C1CC1. The Hall–Kier alpha value is -2.04. The van der Waals surface area contributed by atoms with Gasteiger partial charge in [-0.25, -0.2) is 4.79 Å². The van der Waals surface area contributed by atoms with Gasteiger partial charge in [0, 0.05) is 30.7 Å². The van der Waals surface area contributed by atoms with Crippen molar-refractivity contribution in [2.45, 2.75) is 38.6 Å². The summed E-state index contributed by atoms with van der Waals surface area (Å²) in [5.41, 5.74) is 0.802. The lowest BCUT2D eigenvalue weighted by atomic mass is 9.95. The Labute approximate surface area is 137 Å². The highest BCUT2D eigenvalue weighted by atomic mass is 16.2. The van der Waals surface area contributed by atoms with Crippen LogP contribution in [0, 0.1) is 11.8 Å². The quantitative estimate of drug-likeness (QED) is 0.897. The summed E-state index contributed by atoms with van der Waals surface area (Å²) >= 11 is 0. The van der Waals surface area contributed by atoms with Gasteiger partial charge in [0.1, 0.15) is 0 Å². The van der Waals surface area contributed by atoms with Crippen molar-refractivity contribution in [3.05, 3.63) is 30.3 Å². The summed E-state index contributed by atoms with van der Waals surface area (Å²) < 4.78 is 0. The Morgan fingerprint density at radius 3 is 2.35 bits per heavy atom. The van der Waals surface area contributed by atoms with Gasteiger partial charge in [0.2, 0.25) is 5.91 Å². The summed E-state index contributed by atoms with van der Waals surface area (Å²) in [4.78, 5) is 26.3. The molecule has 124 valence electrons. The molecule has 5 nitrogen and oxygen atoms in total. The van der Waals surface area contributed by atoms with E-state index in [1.807, 2.05) is 30.3 Å². The summed E-state index contributed by atoms with van der Waals surface area (Å²) in [5, 5.41) is 6.03. The van der Waals surface area contributed by atoms with Gasteiger partial charge in [-0.05, 0) is 50.7 Å². The van der Waals surface area contributed by atoms with E-state index in [1.165, 1.54) is 12.8 Å². The molecular weight excluding hydrogens is 290 g/mol. The van der Waals surface area contributed by atoms with Crippen molar-refractivity contribution < 1.29 is 9.59 Å². The zero-order valence-corrected chi connectivity index (χ0v) is 13.6. The zero-order valence-electron chi connectivity index (χ0n) is 13.6. The third-order valence-electron chi connectivity index (χ3n) is 4.88. The highest BCUT2D eigenvalue weighted by Crippen LogP contribution is 2.32. The minimum Gasteiger partial charge on any atom is -0.353 e. The maximum Gasteiger partial charge on any atom is 0.321 e. The fourth-order valence-electron chi connectivity index (χ4n) is 3.13. The number of urea groups is 1. The summed E-state index contributed by atoms with van der Waals surface area (Å²) in [7, 11) is 0. The lowest BCUT2D eigenvalue weighted by molar-refractivity contribution is -0.127. The van der Waals surface area contributed by atoms with Crippen molar-refractivity contribution in [2.24, 2.45) is 11.8 Å². The van der Waals surface area contributed by atoms with Crippen LogP contribution in [0.25, 0.3) is 0 Å². The number of carbonyl (C=O) groups is 2. The first-order valence-corrected chi connectivity index (χ1v) is 8.55. The summed E-state index contributed by atoms with van der Waals surface area (Å²) in [6, 6.07) is 9.67. The average Bonchev–Trinajstić information content (AvgIpc) is 3.41. The largest absolute Gasteiger partial charge is 0.353 e. The van der Waals surface area contributed by atoms with E-state index >= 15 is 0 Å². The summed E-state index contributed by atoms with van der Waals surface area (Å²) in [6.07, 6.45) is 3.95. The number of anilines is 1. The topological polar surface area (TPSA) is 61.4 Å². The summed E-state index contributed by atoms with van der Waals surface area (Å²) in [5.74, 6) is 0.875. The Kier molecular flexibility index (Phi) is 4.84. The van der Waals surface area contributed by atoms with Gasteiger partial charge in [0.05, 0.1) is 0 Å². The lowest BCUT2D eigenvalue weighted by Crippen LogP contribution is -2.46. The van der Waals surface area contributed by atoms with Crippen LogP contribution in [0.4, 0.5) is 10.5 Å². The Bertz CT molecular complexity index is 549. The number of piperidine rings is 1. The number of likely N-dealkylation sites (tertiary alicyclic amines) is 1. The third-order valence-corrected chi connectivity index (χ3v) is 4.88. The van der Waals surface area contributed by atoms with Crippen LogP contribution in [0.1, 0.15) is 32.6 Å². The molecule has 3 amide bonds. The number of carbonyl (C=O) groups excluding carboxylic acids is 2. The van der Waals surface area contributed by atoms with Gasteiger partial charge in [-0.2, -0.15) is 0 Å². The van der Waals surface area contributed by atoms with Crippen molar-refractivity contribution in [1.29, 1.82) is 0 Å². The molecule has 2 fully saturated rings. The molecule has 0 spiro atoms. The number of amides is 3. The van der Waals surface area contributed by atoms with E-state index in [-0.39, 0.29) is 17.9 Å². The molecule has 1 saturated heterocycles. The smallest absolute Gasteiger partial charge is 0.321 e. The van der Waals surface area contributed by atoms with Crippen molar-refractivity contribution in [3.8, 4) is 0 Å². The van der Waals surface area contributed by atoms with Gasteiger partial charge in [-0.15, -0.1) is 0 Å². The molecule has 1 aromatic carbocycles. The molecule has 2 N–H and O–H groups in total. The van der Waals surface area contributed by atoms with Crippen LogP contribution >= 0.6 is 0 Å². The molecule has 1 heterocycles. The van der Waals surface area contributed by atoms with Crippen molar-refractivity contribution in [2.75, 3.05) is 18.4 Å². The number of benzene rings is 1. The van der Waals surface area contributed by atoms with Crippen molar-refractivity contribution >= 4 is 17.6 Å². The van der Waals surface area contributed by atoms with Gasteiger partial charge in [-0.1, -0.05) is 18.2 Å². The van der Waals surface area contributed by atoms with E-state index in [2.05, 4.69) is 17.6 Å². The van der Waals surface area contributed by atoms with Crippen LogP contribution in [0.2, 0.25) is 0 Å². The molecule has 0 radical (unpaired) electrons.